The van der Waals surface area contributed by atoms with Gasteiger partial charge < -0.3 is 0 Å². The van der Waals surface area contributed by atoms with Crippen molar-refractivity contribution in [1.82, 2.24) is 15.2 Å². The van der Waals surface area contributed by atoms with Crippen LogP contribution in [0.5, 0.6) is 0 Å². The molecule has 0 aromatic carbocycles. The van der Waals surface area contributed by atoms with Gasteiger partial charge in [-0.1, -0.05) is 27.7 Å². The highest BCUT2D eigenvalue weighted by atomic mass is 15.1. The van der Waals surface area contributed by atoms with Crippen molar-refractivity contribution in [3.63, 3.8) is 0 Å². The van der Waals surface area contributed by atoms with Gasteiger partial charge in [-0.2, -0.15) is 5.10 Å². The fourth-order valence-electron chi connectivity index (χ4n) is 1.70. The van der Waals surface area contributed by atoms with Crippen LogP contribution in [-0.4, -0.2) is 15.2 Å². The third-order valence-electron chi connectivity index (χ3n) is 2.66. The molecule has 2 aromatic rings. The van der Waals surface area contributed by atoms with Crippen LogP contribution in [0.1, 0.15) is 50.9 Å². The predicted molar refractivity (Wildman–Crippen MR) is 62.1 cm³/mol. The number of aromatic nitrogens is 3. The van der Waals surface area contributed by atoms with Gasteiger partial charge >= 0.3 is 0 Å². The van der Waals surface area contributed by atoms with Crippen molar-refractivity contribution < 1.29 is 0 Å². The van der Waals surface area contributed by atoms with Crippen LogP contribution in [0, 0.1) is 0 Å². The molecule has 3 nitrogen and oxygen atoms in total. The van der Waals surface area contributed by atoms with E-state index in [1.54, 1.807) is 0 Å². The molecule has 80 valence electrons. The number of H-pyrrole nitrogens is 1. The maximum Gasteiger partial charge on any atom is 0.0957 e. The molecular weight excluding hydrogens is 186 g/mol. The fraction of sp³-hybridized carbons (Fsp3) is 0.500. The molecule has 2 aromatic heterocycles. The van der Waals surface area contributed by atoms with Crippen molar-refractivity contribution in [2.75, 3.05) is 0 Å². The Morgan fingerprint density at radius 1 is 1.13 bits per heavy atom. The highest BCUT2D eigenvalue weighted by Gasteiger charge is 2.10. The quantitative estimate of drug-likeness (QED) is 0.814. The molecule has 0 spiro atoms. The second kappa shape index (κ2) is 3.65. The van der Waals surface area contributed by atoms with Crippen LogP contribution < -0.4 is 0 Å². The molecule has 0 saturated heterocycles. The van der Waals surface area contributed by atoms with E-state index in [9.17, 15) is 0 Å². The molecule has 1 N–H and O–H groups in total. The van der Waals surface area contributed by atoms with Gasteiger partial charge in [0.2, 0.25) is 0 Å². The van der Waals surface area contributed by atoms with Gasteiger partial charge in [-0.3, -0.25) is 10.1 Å². The van der Waals surface area contributed by atoms with Gasteiger partial charge in [0.1, 0.15) is 0 Å². The average Bonchev–Trinajstić information content (AvgIpc) is 2.59. The summed E-state index contributed by atoms with van der Waals surface area (Å²) in [6.07, 6.45) is 1.93. The molecule has 2 rings (SSSR count). The Bertz CT molecular complexity index is 469. The maximum absolute atomic E-state index is 4.46. The summed E-state index contributed by atoms with van der Waals surface area (Å²) in [5.41, 5.74) is 3.30. The second-order valence-electron chi connectivity index (χ2n) is 4.57. The molecule has 0 saturated carbocycles. The molecule has 0 unspecified atom stereocenters. The van der Waals surface area contributed by atoms with Crippen molar-refractivity contribution in [2.24, 2.45) is 0 Å². The lowest BCUT2D eigenvalue weighted by Gasteiger charge is -2.04. The molecule has 0 fully saturated rings. The molecule has 3 heteroatoms. The van der Waals surface area contributed by atoms with Gasteiger partial charge in [0.15, 0.2) is 0 Å². The van der Waals surface area contributed by atoms with E-state index in [0.29, 0.717) is 11.8 Å². The summed E-state index contributed by atoms with van der Waals surface area (Å²) in [5.74, 6) is 0.912. The summed E-state index contributed by atoms with van der Waals surface area (Å²) < 4.78 is 0. The Kier molecular flexibility index (Phi) is 2.47. The second-order valence-corrected chi connectivity index (χ2v) is 4.57. The third-order valence-corrected chi connectivity index (χ3v) is 2.66. The van der Waals surface area contributed by atoms with Gasteiger partial charge in [0.05, 0.1) is 5.52 Å². The van der Waals surface area contributed by atoms with Crippen LogP contribution >= 0.6 is 0 Å². The molecule has 0 aliphatic rings. The van der Waals surface area contributed by atoms with Crippen molar-refractivity contribution >= 4 is 10.9 Å². The van der Waals surface area contributed by atoms with E-state index in [2.05, 4.69) is 48.9 Å². The first-order valence-electron chi connectivity index (χ1n) is 5.43. The molecule has 0 amide bonds. The first-order valence-corrected chi connectivity index (χ1v) is 5.43. The summed E-state index contributed by atoms with van der Waals surface area (Å²) >= 11 is 0. The zero-order chi connectivity index (χ0) is 11.0. The molecular formula is C12H17N3. The number of rotatable bonds is 2. The number of nitrogens with zero attached hydrogens (tertiary/aromatic N) is 2. The van der Waals surface area contributed by atoms with Gasteiger partial charge in [-0.15, -0.1) is 0 Å². The molecule has 0 aliphatic carbocycles. The molecule has 0 radical (unpaired) electrons. The predicted octanol–water partition coefficient (Wildman–Crippen LogP) is 3.20. The number of fused-ring (bicyclic) bond motifs is 1. The molecule has 0 aliphatic heterocycles. The lowest BCUT2D eigenvalue weighted by molar-refractivity contribution is 0.817. The minimum Gasteiger partial charge on any atom is -0.281 e. The normalized spacial score (nSPS) is 11.9. The van der Waals surface area contributed by atoms with Crippen LogP contribution in [0.2, 0.25) is 0 Å². The fourth-order valence-corrected chi connectivity index (χ4v) is 1.70. The van der Waals surface area contributed by atoms with E-state index in [4.69, 9.17) is 0 Å². The third kappa shape index (κ3) is 1.74. The first kappa shape index (κ1) is 10.1. The molecule has 0 bridgehead atoms. The number of hydrogen-bond donors (Lipinski definition) is 1. The largest absolute Gasteiger partial charge is 0.281 e. The SMILES string of the molecule is CC(C)c1cc2n[nH]c(C(C)C)c2cn1. The minimum absolute atomic E-state index is 0.452. The van der Waals surface area contributed by atoms with Crippen LogP contribution in [-0.2, 0) is 0 Å². The summed E-state index contributed by atoms with van der Waals surface area (Å²) in [6, 6.07) is 2.07. The number of nitrogens with one attached hydrogen (secondary N) is 1. The maximum atomic E-state index is 4.46. The average molecular weight is 203 g/mol. The van der Waals surface area contributed by atoms with Gasteiger partial charge in [-0.05, 0) is 17.9 Å². The smallest absolute Gasteiger partial charge is 0.0957 e. The topological polar surface area (TPSA) is 41.6 Å². The van der Waals surface area contributed by atoms with Crippen LogP contribution in [0.25, 0.3) is 10.9 Å². The van der Waals surface area contributed by atoms with Gasteiger partial charge in [0, 0.05) is 23.0 Å². The van der Waals surface area contributed by atoms with Crippen LogP contribution in [0.15, 0.2) is 12.3 Å². The number of aromatic amines is 1. The number of hydrogen-bond acceptors (Lipinski definition) is 2. The highest BCUT2D eigenvalue weighted by molar-refractivity contribution is 5.81. The summed E-state index contributed by atoms with van der Waals surface area (Å²) in [4.78, 5) is 4.46. The van der Waals surface area contributed by atoms with Crippen LogP contribution in [0.3, 0.4) is 0 Å². The standard InChI is InChI=1S/C12H17N3/c1-7(2)10-5-11-9(6-13-10)12(8(3)4)15-14-11/h5-8H,1-4H3,(H,14,15). The van der Waals surface area contributed by atoms with E-state index in [1.807, 2.05) is 6.20 Å². The summed E-state index contributed by atoms with van der Waals surface area (Å²) in [6.45, 7) is 8.60. The summed E-state index contributed by atoms with van der Waals surface area (Å²) in [5, 5.41) is 8.55. The molecule has 15 heavy (non-hydrogen) atoms. The zero-order valence-electron chi connectivity index (χ0n) is 9.70. The van der Waals surface area contributed by atoms with E-state index in [-0.39, 0.29) is 0 Å². The van der Waals surface area contributed by atoms with Crippen LogP contribution in [0.4, 0.5) is 0 Å². The van der Waals surface area contributed by atoms with Crippen molar-refractivity contribution in [2.45, 2.75) is 39.5 Å². The zero-order valence-corrected chi connectivity index (χ0v) is 9.70. The Morgan fingerprint density at radius 3 is 2.47 bits per heavy atom. The van der Waals surface area contributed by atoms with E-state index in [0.717, 1.165) is 16.6 Å². The van der Waals surface area contributed by atoms with Gasteiger partial charge in [0.25, 0.3) is 0 Å². The van der Waals surface area contributed by atoms with E-state index >= 15 is 0 Å². The monoisotopic (exact) mass is 203 g/mol. The minimum atomic E-state index is 0.452. The Balaban J connectivity index is 2.57. The molecule has 0 atom stereocenters. The van der Waals surface area contributed by atoms with Crippen molar-refractivity contribution in [1.29, 1.82) is 0 Å². The first-order chi connectivity index (χ1) is 7.09. The highest BCUT2D eigenvalue weighted by Crippen LogP contribution is 2.24. The van der Waals surface area contributed by atoms with E-state index in [1.165, 1.54) is 5.69 Å². The number of pyridine rings is 1. The lowest BCUT2D eigenvalue weighted by Crippen LogP contribution is -1.92. The molecule has 2 heterocycles. The summed E-state index contributed by atoms with van der Waals surface area (Å²) in [7, 11) is 0. The van der Waals surface area contributed by atoms with Crippen molar-refractivity contribution in [3.8, 4) is 0 Å². The Labute approximate surface area is 89.9 Å². The van der Waals surface area contributed by atoms with E-state index < -0.39 is 0 Å². The van der Waals surface area contributed by atoms with Crippen molar-refractivity contribution in [3.05, 3.63) is 23.7 Å². The van der Waals surface area contributed by atoms with Gasteiger partial charge in [-0.25, -0.2) is 0 Å². The Hall–Kier alpha value is -1.38. The Morgan fingerprint density at radius 2 is 1.87 bits per heavy atom. The lowest BCUT2D eigenvalue weighted by atomic mass is 10.1.